The summed E-state index contributed by atoms with van der Waals surface area (Å²) in [7, 11) is 0. The molecule has 172 valence electrons. The molecule has 4 atom stereocenters. The van der Waals surface area contributed by atoms with Crippen molar-refractivity contribution in [2.45, 2.75) is 71.4 Å². The Morgan fingerprint density at radius 2 is 1.87 bits per heavy atom. The minimum absolute atomic E-state index is 0.197. The van der Waals surface area contributed by atoms with Crippen molar-refractivity contribution in [3.05, 3.63) is 35.9 Å². The van der Waals surface area contributed by atoms with E-state index in [2.05, 4.69) is 5.32 Å². The lowest BCUT2D eigenvalue weighted by Gasteiger charge is -2.28. The van der Waals surface area contributed by atoms with Crippen molar-refractivity contribution in [3.8, 4) is 0 Å². The smallest absolute Gasteiger partial charge is 0.326 e. The predicted octanol–water partition coefficient (Wildman–Crippen LogP) is 2.21. The van der Waals surface area contributed by atoms with Gasteiger partial charge in [-0.2, -0.15) is 0 Å². The minimum atomic E-state index is -1.06. The average Bonchev–Trinajstić information content (AvgIpc) is 3.16. The van der Waals surface area contributed by atoms with Crippen LogP contribution in [0.4, 0.5) is 0 Å². The summed E-state index contributed by atoms with van der Waals surface area (Å²) in [6, 6.07) is 7.28. The predicted molar refractivity (Wildman–Crippen MR) is 115 cm³/mol. The maximum absolute atomic E-state index is 13.1. The van der Waals surface area contributed by atoms with Gasteiger partial charge in [-0.1, -0.05) is 44.2 Å². The minimum Gasteiger partial charge on any atom is -0.480 e. The molecule has 1 aromatic rings. The first-order chi connectivity index (χ1) is 14.7. The molecule has 0 aliphatic carbocycles. The number of ether oxygens (including phenoxy) is 2. The summed E-state index contributed by atoms with van der Waals surface area (Å²) in [6.07, 6.45) is 0.379. The van der Waals surface area contributed by atoms with Crippen LogP contribution in [0.2, 0.25) is 0 Å². The van der Waals surface area contributed by atoms with Crippen molar-refractivity contribution in [1.29, 1.82) is 0 Å². The Labute approximate surface area is 183 Å². The SMILES string of the molecule is CCOC(=O)C(CC(C)C)N[C@@H](C)C(=O)N1CC(OCc2ccccc2)C[C@H]1C(=O)O. The van der Waals surface area contributed by atoms with E-state index in [9.17, 15) is 19.5 Å². The molecule has 2 rings (SSSR count). The van der Waals surface area contributed by atoms with Crippen molar-refractivity contribution >= 4 is 17.8 Å². The largest absolute Gasteiger partial charge is 0.480 e. The highest BCUT2D eigenvalue weighted by atomic mass is 16.5. The molecule has 0 aromatic heterocycles. The van der Waals surface area contributed by atoms with Crippen LogP contribution >= 0.6 is 0 Å². The zero-order chi connectivity index (χ0) is 23.0. The number of hydrogen-bond donors (Lipinski definition) is 2. The fourth-order valence-corrected chi connectivity index (χ4v) is 3.75. The molecule has 1 fully saturated rings. The van der Waals surface area contributed by atoms with E-state index in [1.54, 1.807) is 13.8 Å². The van der Waals surface area contributed by atoms with Crippen LogP contribution in [-0.2, 0) is 30.5 Å². The molecular weight excluding hydrogens is 400 g/mol. The first-order valence-electron chi connectivity index (χ1n) is 10.8. The molecule has 0 saturated carbocycles. The number of likely N-dealkylation sites (tertiary alicyclic amines) is 1. The third kappa shape index (κ3) is 7.33. The van der Waals surface area contributed by atoms with Crippen LogP contribution in [0.25, 0.3) is 0 Å². The molecule has 0 bridgehead atoms. The highest BCUT2D eigenvalue weighted by Crippen LogP contribution is 2.23. The number of carboxylic acids is 1. The number of hydrogen-bond acceptors (Lipinski definition) is 6. The van der Waals surface area contributed by atoms with Crippen LogP contribution in [0.15, 0.2) is 30.3 Å². The molecule has 31 heavy (non-hydrogen) atoms. The van der Waals surface area contributed by atoms with E-state index in [0.29, 0.717) is 13.0 Å². The van der Waals surface area contributed by atoms with Crippen LogP contribution in [0, 0.1) is 5.92 Å². The van der Waals surface area contributed by atoms with Crippen molar-refractivity contribution < 1.29 is 29.0 Å². The fraction of sp³-hybridized carbons (Fsp3) is 0.609. The van der Waals surface area contributed by atoms with E-state index in [1.165, 1.54) is 4.90 Å². The highest BCUT2D eigenvalue weighted by Gasteiger charge is 2.42. The van der Waals surface area contributed by atoms with E-state index in [0.717, 1.165) is 5.56 Å². The number of nitrogens with zero attached hydrogens (tertiary/aromatic N) is 1. The fourth-order valence-electron chi connectivity index (χ4n) is 3.75. The van der Waals surface area contributed by atoms with E-state index in [4.69, 9.17) is 9.47 Å². The summed E-state index contributed by atoms with van der Waals surface area (Å²) in [5, 5.41) is 12.7. The molecule has 0 spiro atoms. The maximum Gasteiger partial charge on any atom is 0.326 e. The molecule has 8 heteroatoms. The van der Waals surface area contributed by atoms with Gasteiger partial charge in [0.15, 0.2) is 0 Å². The molecule has 1 saturated heterocycles. The standard InChI is InChI=1S/C23H34N2O6/c1-5-30-23(29)19(11-15(2)3)24-16(4)21(26)25-13-18(12-20(25)22(27)28)31-14-17-9-7-6-8-10-17/h6-10,15-16,18-20,24H,5,11-14H2,1-4H3,(H,27,28)/t16-,18?,19?,20-/m0/s1. The average molecular weight is 435 g/mol. The molecule has 1 aliphatic rings. The Bertz CT molecular complexity index is 739. The number of aliphatic carboxylic acids is 1. The lowest BCUT2D eigenvalue weighted by atomic mass is 10.0. The Balaban J connectivity index is 2.02. The van der Waals surface area contributed by atoms with Gasteiger partial charge in [0.05, 0.1) is 25.4 Å². The van der Waals surface area contributed by atoms with Gasteiger partial charge in [0.25, 0.3) is 0 Å². The number of benzene rings is 1. The third-order valence-electron chi connectivity index (χ3n) is 5.26. The number of amides is 1. The van der Waals surface area contributed by atoms with Gasteiger partial charge < -0.3 is 19.5 Å². The van der Waals surface area contributed by atoms with Crippen LogP contribution in [0.3, 0.4) is 0 Å². The van der Waals surface area contributed by atoms with Crippen molar-refractivity contribution in [1.82, 2.24) is 10.2 Å². The Morgan fingerprint density at radius 3 is 2.45 bits per heavy atom. The van der Waals surface area contributed by atoms with Crippen molar-refractivity contribution in [2.24, 2.45) is 5.92 Å². The zero-order valence-electron chi connectivity index (χ0n) is 18.7. The van der Waals surface area contributed by atoms with Crippen LogP contribution in [-0.4, -0.2) is 65.2 Å². The van der Waals surface area contributed by atoms with E-state index < -0.39 is 30.1 Å². The highest BCUT2D eigenvalue weighted by molar-refractivity contribution is 5.88. The Morgan fingerprint density at radius 1 is 1.19 bits per heavy atom. The van der Waals surface area contributed by atoms with Gasteiger partial charge >= 0.3 is 11.9 Å². The quantitative estimate of drug-likeness (QED) is 0.515. The van der Waals surface area contributed by atoms with E-state index in [-0.39, 0.29) is 37.5 Å². The second kappa shape index (κ2) is 11.8. The molecule has 2 unspecified atom stereocenters. The van der Waals surface area contributed by atoms with Crippen LogP contribution in [0.1, 0.15) is 46.1 Å². The molecule has 1 amide bonds. The number of carbonyl (C=O) groups is 3. The second-order valence-electron chi connectivity index (χ2n) is 8.32. The third-order valence-corrected chi connectivity index (χ3v) is 5.26. The number of carboxylic acid groups (broad SMARTS) is 1. The van der Waals surface area contributed by atoms with Gasteiger partial charge in [-0.25, -0.2) is 4.79 Å². The summed E-state index contributed by atoms with van der Waals surface area (Å²) in [4.78, 5) is 38.5. The molecule has 1 aromatic carbocycles. The van der Waals surface area contributed by atoms with Gasteiger partial charge in [-0.05, 0) is 31.7 Å². The van der Waals surface area contributed by atoms with Crippen molar-refractivity contribution in [2.75, 3.05) is 13.2 Å². The summed E-state index contributed by atoms with van der Waals surface area (Å²) in [5.74, 6) is -1.61. The molecule has 2 N–H and O–H groups in total. The lowest BCUT2D eigenvalue weighted by molar-refractivity contribution is -0.150. The molecule has 1 heterocycles. The Kier molecular flexibility index (Phi) is 9.45. The number of rotatable bonds is 11. The first kappa shape index (κ1) is 24.8. The van der Waals surface area contributed by atoms with Gasteiger partial charge in [0.2, 0.25) is 5.91 Å². The number of nitrogens with one attached hydrogen (secondary N) is 1. The molecule has 1 aliphatic heterocycles. The number of carbonyl (C=O) groups excluding carboxylic acids is 2. The zero-order valence-corrected chi connectivity index (χ0v) is 18.7. The van der Waals surface area contributed by atoms with Crippen molar-refractivity contribution in [3.63, 3.8) is 0 Å². The number of esters is 1. The maximum atomic E-state index is 13.1. The summed E-state index contributed by atoms with van der Waals surface area (Å²) in [5.41, 5.74) is 0.986. The van der Waals surface area contributed by atoms with Gasteiger partial charge in [-0.3, -0.25) is 14.9 Å². The van der Waals surface area contributed by atoms with Gasteiger partial charge in [-0.15, -0.1) is 0 Å². The monoisotopic (exact) mass is 434 g/mol. The molecular formula is C23H34N2O6. The summed E-state index contributed by atoms with van der Waals surface area (Å²) >= 11 is 0. The summed E-state index contributed by atoms with van der Waals surface area (Å²) < 4.78 is 11.0. The van der Waals surface area contributed by atoms with Crippen LogP contribution < -0.4 is 5.32 Å². The van der Waals surface area contributed by atoms with Gasteiger partial charge in [0, 0.05) is 13.0 Å². The lowest BCUT2D eigenvalue weighted by Crippen LogP contribution is -2.53. The Hall–Kier alpha value is -2.45. The molecule has 8 nitrogen and oxygen atoms in total. The molecule has 0 radical (unpaired) electrons. The second-order valence-corrected chi connectivity index (χ2v) is 8.32. The van der Waals surface area contributed by atoms with Crippen LogP contribution in [0.5, 0.6) is 0 Å². The normalized spacial score (nSPS) is 20.5. The van der Waals surface area contributed by atoms with E-state index >= 15 is 0 Å². The van der Waals surface area contributed by atoms with Gasteiger partial charge in [0.1, 0.15) is 12.1 Å². The first-order valence-corrected chi connectivity index (χ1v) is 10.8. The topological polar surface area (TPSA) is 105 Å². The summed E-state index contributed by atoms with van der Waals surface area (Å²) in [6.45, 7) is 8.15. The van der Waals surface area contributed by atoms with E-state index in [1.807, 2.05) is 44.2 Å².